The third-order valence-electron chi connectivity index (χ3n) is 5.36. The Hall–Kier alpha value is -2.90. The van der Waals surface area contributed by atoms with Crippen LogP contribution in [0.25, 0.3) is 10.9 Å². The van der Waals surface area contributed by atoms with Gasteiger partial charge in [-0.05, 0) is 31.0 Å². The number of fused-ring (bicyclic) bond motifs is 1. The van der Waals surface area contributed by atoms with Gasteiger partial charge in [0.05, 0.1) is 12.1 Å². The minimum Gasteiger partial charge on any atom is -0.441 e. The molecule has 1 spiro atoms. The maximum atomic E-state index is 13.7. The van der Waals surface area contributed by atoms with E-state index in [1.165, 1.54) is 24.3 Å². The predicted octanol–water partition coefficient (Wildman–Crippen LogP) is 2.11. The quantitative estimate of drug-likeness (QED) is 0.830. The van der Waals surface area contributed by atoms with Gasteiger partial charge < -0.3 is 19.5 Å². The molecular weight excluding hydrogens is 353 g/mol. The number of nitrogens with zero attached hydrogens (tertiary/aromatic N) is 2. The van der Waals surface area contributed by atoms with Crippen LogP contribution in [0.1, 0.15) is 29.6 Å². The predicted molar refractivity (Wildman–Crippen MR) is 96.1 cm³/mol. The van der Waals surface area contributed by atoms with Crippen molar-refractivity contribution in [1.82, 2.24) is 14.8 Å². The zero-order valence-corrected chi connectivity index (χ0v) is 15.0. The van der Waals surface area contributed by atoms with Crippen LogP contribution in [0.2, 0.25) is 0 Å². The third kappa shape index (κ3) is 3.15. The highest BCUT2D eigenvalue weighted by atomic mass is 19.1. The third-order valence-corrected chi connectivity index (χ3v) is 5.36. The summed E-state index contributed by atoms with van der Waals surface area (Å²) in [7, 11) is 1.70. The Labute approximate surface area is 154 Å². The molecule has 0 unspecified atom stereocenters. The number of benzene rings is 1. The molecule has 0 saturated carbocycles. The van der Waals surface area contributed by atoms with Crippen LogP contribution in [0.15, 0.2) is 29.1 Å². The summed E-state index contributed by atoms with van der Waals surface area (Å²) in [5.41, 5.74) is -0.367. The number of ether oxygens (including phenoxy) is 1. The standard InChI is InChI=1S/C19H20FN3O4/c1-22-11-19(27-18(22)26)5-2-7-23(8-6-19)17(25)14-10-16(24)21-15-4-3-12(20)9-13(14)15/h3-4,9-10H,2,5-8,11H2,1H3,(H,21,24)/t19-/m1/s1. The Morgan fingerprint density at radius 1 is 1.22 bits per heavy atom. The Bertz CT molecular complexity index is 989. The number of likely N-dealkylation sites (N-methyl/N-ethyl adjacent to an activating group) is 1. The molecule has 2 aliphatic rings. The van der Waals surface area contributed by atoms with Gasteiger partial charge in [0.1, 0.15) is 11.4 Å². The van der Waals surface area contributed by atoms with Crippen molar-refractivity contribution in [3.8, 4) is 0 Å². The first kappa shape index (κ1) is 17.5. The van der Waals surface area contributed by atoms with Gasteiger partial charge in [0.2, 0.25) is 5.56 Å². The number of carbonyl (C=O) groups excluding carboxylic acids is 2. The SMILES string of the molecule is CN1C[C@]2(CCCN(C(=O)c3cc(=O)[nH]c4ccc(F)cc34)CC2)OC1=O. The van der Waals surface area contributed by atoms with Crippen molar-refractivity contribution in [2.45, 2.75) is 24.9 Å². The number of aromatic amines is 1. The van der Waals surface area contributed by atoms with Gasteiger partial charge in [-0.15, -0.1) is 0 Å². The number of aromatic nitrogens is 1. The van der Waals surface area contributed by atoms with Crippen molar-refractivity contribution in [2.75, 3.05) is 26.7 Å². The number of hydrogen-bond donors (Lipinski definition) is 1. The van der Waals surface area contributed by atoms with Gasteiger partial charge in [-0.1, -0.05) is 0 Å². The van der Waals surface area contributed by atoms with Crippen molar-refractivity contribution < 1.29 is 18.7 Å². The second-order valence-corrected chi connectivity index (χ2v) is 7.29. The van der Waals surface area contributed by atoms with Crippen LogP contribution < -0.4 is 5.56 Å². The second-order valence-electron chi connectivity index (χ2n) is 7.29. The Balaban J connectivity index is 1.62. The number of nitrogens with one attached hydrogen (secondary N) is 1. The van der Waals surface area contributed by atoms with Crippen molar-refractivity contribution in [2.24, 2.45) is 0 Å². The highest BCUT2D eigenvalue weighted by Crippen LogP contribution is 2.33. The summed E-state index contributed by atoms with van der Waals surface area (Å²) in [6, 6.07) is 5.17. The number of amides is 2. The summed E-state index contributed by atoms with van der Waals surface area (Å²) in [5, 5.41) is 0.380. The summed E-state index contributed by atoms with van der Waals surface area (Å²) in [4.78, 5) is 42.6. The maximum Gasteiger partial charge on any atom is 0.410 e. The number of likely N-dealkylation sites (tertiary alicyclic amines) is 1. The van der Waals surface area contributed by atoms with Gasteiger partial charge in [-0.2, -0.15) is 0 Å². The Morgan fingerprint density at radius 3 is 2.78 bits per heavy atom. The highest BCUT2D eigenvalue weighted by molar-refractivity contribution is 6.06. The van der Waals surface area contributed by atoms with E-state index in [1.54, 1.807) is 16.8 Å². The summed E-state index contributed by atoms with van der Waals surface area (Å²) >= 11 is 0. The fraction of sp³-hybridized carbons (Fsp3) is 0.421. The zero-order valence-electron chi connectivity index (χ0n) is 15.0. The highest BCUT2D eigenvalue weighted by Gasteiger charge is 2.44. The van der Waals surface area contributed by atoms with Crippen molar-refractivity contribution in [1.29, 1.82) is 0 Å². The first-order valence-corrected chi connectivity index (χ1v) is 8.93. The molecular formula is C19H20FN3O4. The first-order chi connectivity index (χ1) is 12.9. The molecule has 1 atom stereocenters. The molecule has 2 aliphatic heterocycles. The molecule has 1 aromatic carbocycles. The lowest BCUT2D eigenvalue weighted by atomic mass is 9.95. The lowest BCUT2D eigenvalue weighted by Crippen LogP contribution is -2.37. The largest absolute Gasteiger partial charge is 0.441 e. The van der Waals surface area contributed by atoms with Crippen LogP contribution in [0.4, 0.5) is 9.18 Å². The van der Waals surface area contributed by atoms with Crippen LogP contribution >= 0.6 is 0 Å². The summed E-state index contributed by atoms with van der Waals surface area (Å²) < 4.78 is 19.3. The van der Waals surface area contributed by atoms with E-state index in [4.69, 9.17) is 4.74 Å². The molecule has 2 fully saturated rings. The first-order valence-electron chi connectivity index (χ1n) is 8.93. The fourth-order valence-corrected chi connectivity index (χ4v) is 4.00. The van der Waals surface area contributed by atoms with Crippen LogP contribution in [0.3, 0.4) is 0 Å². The molecule has 0 bridgehead atoms. The van der Waals surface area contributed by atoms with Gasteiger partial charge in [0.25, 0.3) is 5.91 Å². The molecule has 2 aromatic rings. The molecule has 0 aliphatic carbocycles. The zero-order chi connectivity index (χ0) is 19.2. The number of H-pyrrole nitrogens is 1. The number of rotatable bonds is 1. The van der Waals surface area contributed by atoms with E-state index in [-0.39, 0.29) is 17.6 Å². The lowest BCUT2D eigenvalue weighted by molar-refractivity contribution is 0.0439. The van der Waals surface area contributed by atoms with Gasteiger partial charge in [0.15, 0.2) is 0 Å². The molecule has 1 aromatic heterocycles. The molecule has 1 N–H and O–H groups in total. The fourth-order valence-electron chi connectivity index (χ4n) is 4.00. The second kappa shape index (κ2) is 6.37. The average Bonchev–Trinajstić information content (AvgIpc) is 2.79. The van der Waals surface area contributed by atoms with E-state index in [0.29, 0.717) is 49.8 Å². The monoisotopic (exact) mass is 373 g/mol. The summed E-state index contributed by atoms with van der Waals surface area (Å²) in [6.07, 6.45) is 1.55. The molecule has 27 heavy (non-hydrogen) atoms. The van der Waals surface area contributed by atoms with Crippen LogP contribution in [-0.2, 0) is 4.74 Å². The molecule has 4 rings (SSSR count). The molecule has 8 heteroatoms. The minimum atomic E-state index is -0.566. The minimum absolute atomic E-state index is 0.185. The molecule has 0 radical (unpaired) electrons. The molecule has 2 saturated heterocycles. The maximum absolute atomic E-state index is 13.7. The van der Waals surface area contributed by atoms with Gasteiger partial charge in [0, 0.05) is 43.5 Å². The summed E-state index contributed by atoms with van der Waals surface area (Å²) in [5.74, 6) is -0.786. The normalized spacial score (nSPS) is 23.0. The van der Waals surface area contributed by atoms with Crippen molar-refractivity contribution in [3.05, 3.63) is 46.0 Å². The van der Waals surface area contributed by atoms with Gasteiger partial charge in [-0.25, -0.2) is 9.18 Å². The summed E-state index contributed by atoms with van der Waals surface area (Å²) in [6.45, 7) is 1.40. The van der Waals surface area contributed by atoms with Crippen LogP contribution in [0, 0.1) is 5.82 Å². The number of halogens is 1. The van der Waals surface area contributed by atoms with Gasteiger partial charge in [-0.3, -0.25) is 9.59 Å². The van der Waals surface area contributed by atoms with Crippen molar-refractivity contribution >= 4 is 22.9 Å². The van der Waals surface area contributed by atoms with Crippen molar-refractivity contribution in [3.63, 3.8) is 0 Å². The van der Waals surface area contributed by atoms with Gasteiger partial charge >= 0.3 is 6.09 Å². The molecule has 142 valence electrons. The smallest absolute Gasteiger partial charge is 0.410 e. The molecule has 7 nitrogen and oxygen atoms in total. The van der Waals surface area contributed by atoms with E-state index in [0.717, 1.165) is 0 Å². The van der Waals surface area contributed by atoms with Crippen LogP contribution in [-0.4, -0.2) is 59.1 Å². The van der Waals surface area contributed by atoms with E-state index >= 15 is 0 Å². The molecule has 3 heterocycles. The van der Waals surface area contributed by atoms with E-state index in [9.17, 15) is 18.8 Å². The van der Waals surface area contributed by atoms with E-state index < -0.39 is 17.0 Å². The molecule has 2 amide bonds. The number of pyridine rings is 1. The topological polar surface area (TPSA) is 82.7 Å². The van der Waals surface area contributed by atoms with E-state index in [1.807, 2.05) is 0 Å². The Morgan fingerprint density at radius 2 is 2.04 bits per heavy atom. The average molecular weight is 373 g/mol. The number of carbonyl (C=O) groups is 2. The number of hydrogen-bond acceptors (Lipinski definition) is 4. The van der Waals surface area contributed by atoms with E-state index in [2.05, 4.69) is 4.98 Å². The lowest BCUT2D eigenvalue weighted by Gasteiger charge is -2.25. The Kier molecular flexibility index (Phi) is 4.13. The van der Waals surface area contributed by atoms with Crippen LogP contribution in [0.5, 0.6) is 0 Å².